The van der Waals surface area contributed by atoms with Gasteiger partial charge in [-0.25, -0.2) is 9.97 Å². The van der Waals surface area contributed by atoms with E-state index in [1.807, 2.05) is 47.4 Å². The van der Waals surface area contributed by atoms with Crippen molar-refractivity contribution in [3.8, 4) is 0 Å². The number of fused-ring (bicyclic) bond motifs is 2. The van der Waals surface area contributed by atoms with Gasteiger partial charge < -0.3 is 6.15 Å². The minimum atomic E-state index is 0. The zero-order chi connectivity index (χ0) is 12.2. The molecule has 4 rings (SSSR count). The number of benzene rings is 2. The number of nitrogens with zero attached hydrogens (tertiary/aromatic N) is 2. The summed E-state index contributed by atoms with van der Waals surface area (Å²) in [5.74, 6) is 0. The van der Waals surface area contributed by atoms with Crippen LogP contribution in [0.25, 0.3) is 20.4 Å². The van der Waals surface area contributed by atoms with Gasteiger partial charge in [0.2, 0.25) is 0 Å². The molecule has 0 amide bonds. The SMILES string of the molecule is N.c1ccc2scnc2c1.c1ccc2scnc2c1. The van der Waals surface area contributed by atoms with E-state index in [1.165, 1.54) is 9.40 Å². The summed E-state index contributed by atoms with van der Waals surface area (Å²) in [7, 11) is 0. The maximum atomic E-state index is 4.14. The van der Waals surface area contributed by atoms with Crippen LogP contribution in [0.1, 0.15) is 0 Å². The Labute approximate surface area is 119 Å². The summed E-state index contributed by atoms with van der Waals surface area (Å²) in [6.45, 7) is 0. The van der Waals surface area contributed by atoms with E-state index in [4.69, 9.17) is 0 Å². The normalized spacial score (nSPS) is 9.68. The van der Waals surface area contributed by atoms with Crippen molar-refractivity contribution in [3.05, 3.63) is 59.6 Å². The number of rotatable bonds is 0. The van der Waals surface area contributed by atoms with E-state index in [1.54, 1.807) is 22.7 Å². The van der Waals surface area contributed by atoms with Gasteiger partial charge in [-0.15, -0.1) is 22.7 Å². The highest BCUT2D eigenvalue weighted by molar-refractivity contribution is 7.17. The van der Waals surface area contributed by atoms with Crippen molar-refractivity contribution >= 4 is 43.1 Å². The minimum Gasteiger partial charge on any atom is -0.344 e. The maximum absolute atomic E-state index is 4.14. The number of thiazole rings is 2. The fourth-order valence-corrected chi connectivity index (χ4v) is 2.96. The smallest absolute Gasteiger partial charge is 0.0812 e. The molecule has 0 aliphatic carbocycles. The Morgan fingerprint density at radius 2 is 1.05 bits per heavy atom. The first-order chi connectivity index (χ1) is 8.93. The van der Waals surface area contributed by atoms with Crippen LogP contribution in [0.4, 0.5) is 0 Å². The highest BCUT2D eigenvalue weighted by Gasteiger charge is 1.90. The predicted octanol–water partition coefficient (Wildman–Crippen LogP) is 4.75. The van der Waals surface area contributed by atoms with Crippen LogP contribution in [0.5, 0.6) is 0 Å². The molecule has 5 heteroatoms. The highest BCUT2D eigenvalue weighted by Crippen LogP contribution is 2.16. The topological polar surface area (TPSA) is 60.8 Å². The number of hydrogen-bond donors (Lipinski definition) is 1. The summed E-state index contributed by atoms with van der Waals surface area (Å²) >= 11 is 3.35. The lowest BCUT2D eigenvalue weighted by Crippen LogP contribution is -1.61. The maximum Gasteiger partial charge on any atom is 0.0812 e. The summed E-state index contributed by atoms with van der Waals surface area (Å²) in [5.41, 5.74) is 5.93. The molecule has 96 valence electrons. The lowest BCUT2D eigenvalue weighted by Gasteiger charge is -1.80. The summed E-state index contributed by atoms with van der Waals surface area (Å²) < 4.78 is 2.52. The fraction of sp³-hybridized carbons (Fsp3) is 0. The van der Waals surface area contributed by atoms with Crippen molar-refractivity contribution in [3.63, 3.8) is 0 Å². The standard InChI is InChI=1S/2C7H5NS.H3N/c2*1-2-4-7-6(3-1)8-5-9-7;/h2*1-5H;1H3. The van der Waals surface area contributed by atoms with Crippen molar-refractivity contribution in [1.29, 1.82) is 0 Å². The molecule has 19 heavy (non-hydrogen) atoms. The third-order valence-electron chi connectivity index (χ3n) is 2.47. The minimum absolute atomic E-state index is 0. The molecule has 2 heterocycles. The van der Waals surface area contributed by atoms with Gasteiger partial charge in [0.15, 0.2) is 0 Å². The second-order valence-corrected chi connectivity index (χ2v) is 5.41. The Morgan fingerprint density at radius 1 is 0.632 bits per heavy atom. The molecule has 0 saturated carbocycles. The van der Waals surface area contributed by atoms with Crippen molar-refractivity contribution in [2.75, 3.05) is 0 Å². The largest absolute Gasteiger partial charge is 0.344 e. The van der Waals surface area contributed by atoms with Gasteiger partial charge in [0.05, 0.1) is 31.5 Å². The lowest BCUT2D eigenvalue weighted by atomic mass is 10.3. The van der Waals surface area contributed by atoms with Gasteiger partial charge in [0.1, 0.15) is 0 Å². The molecule has 0 saturated heterocycles. The molecule has 3 N–H and O–H groups in total. The summed E-state index contributed by atoms with van der Waals surface area (Å²) in [4.78, 5) is 8.27. The molecule has 3 nitrogen and oxygen atoms in total. The predicted molar refractivity (Wildman–Crippen MR) is 84.3 cm³/mol. The average Bonchev–Trinajstić information content (AvgIpc) is 3.08. The molecule has 0 aliphatic rings. The first-order valence-electron chi connectivity index (χ1n) is 5.50. The van der Waals surface area contributed by atoms with Crippen LogP contribution in [0, 0.1) is 0 Å². The monoisotopic (exact) mass is 287 g/mol. The van der Waals surface area contributed by atoms with Crippen molar-refractivity contribution in [2.24, 2.45) is 0 Å². The third kappa shape index (κ3) is 3.14. The van der Waals surface area contributed by atoms with E-state index in [0.29, 0.717) is 0 Å². The highest BCUT2D eigenvalue weighted by atomic mass is 32.1. The Kier molecular flexibility index (Phi) is 4.57. The first kappa shape index (κ1) is 13.6. The van der Waals surface area contributed by atoms with Gasteiger partial charge in [0.25, 0.3) is 0 Å². The molecule has 0 bridgehead atoms. The van der Waals surface area contributed by atoms with E-state index < -0.39 is 0 Å². The Morgan fingerprint density at radius 3 is 1.47 bits per heavy atom. The van der Waals surface area contributed by atoms with Crippen LogP contribution in [-0.2, 0) is 0 Å². The fourth-order valence-electron chi connectivity index (χ4n) is 1.61. The van der Waals surface area contributed by atoms with Gasteiger partial charge in [-0.3, -0.25) is 0 Å². The molecule has 0 atom stereocenters. The summed E-state index contributed by atoms with van der Waals surface area (Å²) in [5, 5.41) is 0. The molecule has 0 unspecified atom stereocenters. The molecular weight excluding hydrogens is 274 g/mol. The Balaban J connectivity index is 0.000000133. The van der Waals surface area contributed by atoms with E-state index in [2.05, 4.69) is 22.1 Å². The van der Waals surface area contributed by atoms with Gasteiger partial charge in [-0.2, -0.15) is 0 Å². The van der Waals surface area contributed by atoms with Gasteiger partial charge in [0, 0.05) is 0 Å². The molecule has 2 aromatic carbocycles. The molecule has 0 spiro atoms. The number of para-hydroxylation sites is 2. The second kappa shape index (κ2) is 6.38. The van der Waals surface area contributed by atoms with Crippen LogP contribution in [0.15, 0.2) is 59.6 Å². The molecule has 4 aromatic rings. The van der Waals surface area contributed by atoms with Crippen molar-refractivity contribution in [2.45, 2.75) is 0 Å². The Bertz CT molecular complexity index is 635. The van der Waals surface area contributed by atoms with Crippen molar-refractivity contribution < 1.29 is 0 Å². The summed E-state index contributed by atoms with van der Waals surface area (Å²) in [6, 6.07) is 16.3. The molecule has 2 aromatic heterocycles. The Hall–Kier alpha value is -1.82. The molecule has 0 aliphatic heterocycles. The lowest BCUT2D eigenvalue weighted by molar-refractivity contribution is 1.50. The van der Waals surface area contributed by atoms with Gasteiger partial charge in [-0.1, -0.05) is 24.3 Å². The summed E-state index contributed by atoms with van der Waals surface area (Å²) in [6.07, 6.45) is 0. The van der Waals surface area contributed by atoms with Gasteiger partial charge >= 0.3 is 0 Å². The number of hydrogen-bond acceptors (Lipinski definition) is 5. The van der Waals surface area contributed by atoms with Crippen LogP contribution in [-0.4, -0.2) is 9.97 Å². The number of aromatic nitrogens is 2. The van der Waals surface area contributed by atoms with Crippen LogP contribution in [0.3, 0.4) is 0 Å². The quantitative estimate of drug-likeness (QED) is 0.507. The molecule has 0 fully saturated rings. The van der Waals surface area contributed by atoms with Crippen LogP contribution >= 0.6 is 22.7 Å². The third-order valence-corrected chi connectivity index (χ3v) is 4.09. The van der Waals surface area contributed by atoms with E-state index in [0.717, 1.165) is 11.0 Å². The average molecular weight is 287 g/mol. The second-order valence-electron chi connectivity index (χ2n) is 3.64. The van der Waals surface area contributed by atoms with E-state index in [-0.39, 0.29) is 6.15 Å². The first-order valence-corrected chi connectivity index (χ1v) is 7.26. The molecule has 0 radical (unpaired) electrons. The zero-order valence-corrected chi connectivity index (χ0v) is 11.8. The van der Waals surface area contributed by atoms with Crippen LogP contribution in [0.2, 0.25) is 0 Å². The van der Waals surface area contributed by atoms with E-state index in [9.17, 15) is 0 Å². The van der Waals surface area contributed by atoms with Crippen LogP contribution < -0.4 is 6.15 Å². The van der Waals surface area contributed by atoms with E-state index >= 15 is 0 Å². The van der Waals surface area contributed by atoms with Gasteiger partial charge in [-0.05, 0) is 24.3 Å². The van der Waals surface area contributed by atoms with Crippen molar-refractivity contribution in [1.82, 2.24) is 16.1 Å². The zero-order valence-electron chi connectivity index (χ0n) is 10.2. The molecular formula is C14H13N3S2.